The van der Waals surface area contributed by atoms with Crippen LogP contribution in [0.25, 0.3) is 33.5 Å². The highest BCUT2D eigenvalue weighted by molar-refractivity contribution is 7.98. The monoisotopic (exact) mass is 527 g/mol. The van der Waals surface area contributed by atoms with Gasteiger partial charge in [-0.1, -0.05) is 35.9 Å². The van der Waals surface area contributed by atoms with Crippen molar-refractivity contribution in [2.24, 2.45) is 0 Å². The van der Waals surface area contributed by atoms with Crippen LogP contribution in [0.1, 0.15) is 15.9 Å². The number of methoxy groups -OCH3 is 1. The van der Waals surface area contributed by atoms with Crippen LogP contribution < -0.4 is 0 Å². The van der Waals surface area contributed by atoms with Crippen LogP contribution in [0.15, 0.2) is 84.0 Å². The van der Waals surface area contributed by atoms with Crippen molar-refractivity contribution >= 4 is 40.6 Å². The lowest BCUT2D eigenvalue weighted by atomic mass is 10.1. The Morgan fingerprint density at radius 3 is 2.53 bits per heavy atom. The molecule has 5 nitrogen and oxygen atoms in total. The Bertz CT molecular complexity index is 1580. The maximum Gasteiger partial charge on any atom is 0.416 e. The summed E-state index contributed by atoms with van der Waals surface area (Å²) in [5.74, 6) is -0.647. The summed E-state index contributed by atoms with van der Waals surface area (Å²) in [6, 6.07) is 18.2. The molecule has 0 bridgehead atoms. The number of hydrogen-bond donors (Lipinski definition) is 1. The second-order valence-corrected chi connectivity index (χ2v) is 9.25. The SMILES string of the molecule is COC(=O)c1cc(-c2ccnc3c2ccn3Sc2ccccc2)[nH]c1-c1ccc(C(F)(F)F)cc1Cl. The standard InChI is InChI=1S/C26H17ClF3N3O2S/c1-35-25(34)20-14-22(32-23(20)19-8-7-15(13-21(19)27)26(28,29)30)17-9-11-31-24-18(17)10-12-33(24)36-16-5-3-2-4-6-16/h2-14,32H,1H3. The van der Waals surface area contributed by atoms with E-state index >= 15 is 0 Å². The fourth-order valence-electron chi connectivity index (χ4n) is 3.90. The average molecular weight is 528 g/mol. The van der Waals surface area contributed by atoms with E-state index in [-0.39, 0.29) is 21.8 Å². The van der Waals surface area contributed by atoms with Crippen molar-refractivity contribution in [2.75, 3.05) is 7.11 Å². The number of rotatable bonds is 5. The molecular weight excluding hydrogens is 511 g/mol. The second-order valence-electron chi connectivity index (χ2n) is 7.80. The third-order valence-corrected chi connectivity index (χ3v) is 6.87. The van der Waals surface area contributed by atoms with E-state index in [0.717, 1.165) is 28.0 Å². The number of carbonyl (C=O) groups is 1. The minimum absolute atomic E-state index is 0.145. The molecule has 0 atom stereocenters. The lowest BCUT2D eigenvalue weighted by molar-refractivity contribution is -0.137. The highest BCUT2D eigenvalue weighted by atomic mass is 35.5. The minimum Gasteiger partial charge on any atom is -0.465 e. The Morgan fingerprint density at radius 2 is 1.83 bits per heavy atom. The largest absolute Gasteiger partial charge is 0.465 e. The van der Waals surface area contributed by atoms with E-state index in [1.807, 2.05) is 46.6 Å². The summed E-state index contributed by atoms with van der Waals surface area (Å²) >= 11 is 7.74. The zero-order valence-corrected chi connectivity index (χ0v) is 20.2. The smallest absolute Gasteiger partial charge is 0.416 e. The van der Waals surface area contributed by atoms with Crippen LogP contribution in [0.2, 0.25) is 5.02 Å². The van der Waals surface area contributed by atoms with Crippen LogP contribution in [0.4, 0.5) is 13.2 Å². The molecule has 0 aliphatic carbocycles. The lowest BCUT2D eigenvalue weighted by Crippen LogP contribution is -2.05. The van der Waals surface area contributed by atoms with Crippen LogP contribution in [0, 0.1) is 0 Å². The molecule has 36 heavy (non-hydrogen) atoms. The molecule has 0 radical (unpaired) electrons. The summed E-state index contributed by atoms with van der Waals surface area (Å²) < 4.78 is 46.2. The number of pyridine rings is 1. The van der Waals surface area contributed by atoms with Crippen molar-refractivity contribution in [1.29, 1.82) is 0 Å². The summed E-state index contributed by atoms with van der Waals surface area (Å²) in [5, 5.41) is 0.678. The fourth-order valence-corrected chi connectivity index (χ4v) is 5.03. The first kappa shape index (κ1) is 24.0. The Morgan fingerprint density at radius 1 is 1.06 bits per heavy atom. The van der Waals surface area contributed by atoms with Crippen LogP contribution in [-0.2, 0) is 10.9 Å². The van der Waals surface area contributed by atoms with Crippen LogP contribution in [-0.4, -0.2) is 27.0 Å². The van der Waals surface area contributed by atoms with Crippen LogP contribution >= 0.6 is 23.5 Å². The molecule has 1 N–H and O–H groups in total. The number of halogens is 4. The van der Waals surface area contributed by atoms with Crippen molar-refractivity contribution in [3.8, 4) is 22.5 Å². The number of hydrogen-bond acceptors (Lipinski definition) is 4. The van der Waals surface area contributed by atoms with Crippen molar-refractivity contribution in [3.63, 3.8) is 0 Å². The van der Waals surface area contributed by atoms with Gasteiger partial charge in [-0.2, -0.15) is 13.2 Å². The number of esters is 1. The van der Waals surface area contributed by atoms with E-state index in [9.17, 15) is 18.0 Å². The molecule has 0 fully saturated rings. The summed E-state index contributed by atoms with van der Waals surface area (Å²) in [4.78, 5) is 21.3. The first-order chi connectivity index (χ1) is 17.3. The Labute approximate surface area is 213 Å². The average Bonchev–Trinajstić information content (AvgIpc) is 3.48. The number of nitrogens with zero attached hydrogens (tertiary/aromatic N) is 2. The van der Waals surface area contributed by atoms with Gasteiger partial charge in [0.05, 0.1) is 29.0 Å². The van der Waals surface area contributed by atoms with E-state index in [4.69, 9.17) is 16.3 Å². The molecule has 0 aliphatic rings. The van der Waals surface area contributed by atoms with E-state index in [0.29, 0.717) is 11.3 Å². The number of aromatic amines is 1. The zero-order valence-electron chi connectivity index (χ0n) is 18.6. The predicted molar refractivity (Wildman–Crippen MR) is 134 cm³/mol. The number of alkyl halides is 3. The van der Waals surface area contributed by atoms with E-state index in [1.54, 1.807) is 18.3 Å². The first-order valence-corrected chi connectivity index (χ1v) is 11.8. The summed E-state index contributed by atoms with van der Waals surface area (Å²) in [7, 11) is 1.23. The molecule has 10 heteroatoms. The molecule has 2 aromatic carbocycles. The predicted octanol–water partition coefficient (Wildman–Crippen LogP) is 7.71. The van der Waals surface area contributed by atoms with Gasteiger partial charge < -0.3 is 9.72 Å². The zero-order chi connectivity index (χ0) is 25.4. The first-order valence-electron chi connectivity index (χ1n) is 10.6. The van der Waals surface area contributed by atoms with Crippen LogP contribution in [0.5, 0.6) is 0 Å². The third kappa shape index (κ3) is 4.47. The number of ether oxygens (including phenoxy) is 1. The number of carbonyl (C=O) groups excluding carboxylic acids is 1. The van der Waals surface area contributed by atoms with E-state index < -0.39 is 17.7 Å². The maximum absolute atomic E-state index is 13.1. The van der Waals surface area contributed by atoms with E-state index in [1.165, 1.54) is 25.1 Å². The van der Waals surface area contributed by atoms with Gasteiger partial charge in [0.2, 0.25) is 0 Å². The quantitative estimate of drug-likeness (QED) is 0.238. The van der Waals surface area contributed by atoms with Gasteiger partial charge in [-0.25, -0.2) is 9.78 Å². The molecule has 0 aliphatic heterocycles. The van der Waals surface area contributed by atoms with Crippen LogP contribution in [0.3, 0.4) is 0 Å². The third-order valence-electron chi connectivity index (χ3n) is 5.58. The summed E-state index contributed by atoms with van der Waals surface area (Å²) in [5.41, 5.74) is 1.82. The Balaban J connectivity index is 1.61. The molecule has 5 aromatic rings. The molecule has 0 saturated carbocycles. The van der Waals surface area contributed by atoms with Gasteiger partial charge in [0.25, 0.3) is 0 Å². The molecular formula is C26H17ClF3N3O2S. The molecule has 3 aromatic heterocycles. The molecule has 0 spiro atoms. The number of benzene rings is 2. The van der Waals surface area contributed by atoms with Gasteiger partial charge in [-0.15, -0.1) is 0 Å². The lowest BCUT2D eigenvalue weighted by Gasteiger charge is -2.10. The van der Waals surface area contributed by atoms with Crippen molar-refractivity contribution in [3.05, 3.63) is 95.3 Å². The topological polar surface area (TPSA) is 59.9 Å². The Hall–Kier alpha value is -3.69. The van der Waals surface area contributed by atoms with Crippen molar-refractivity contribution in [2.45, 2.75) is 11.1 Å². The van der Waals surface area contributed by atoms with Gasteiger partial charge in [0, 0.05) is 39.5 Å². The number of nitrogens with one attached hydrogen (secondary N) is 1. The fraction of sp³-hybridized carbons (Fsp3) is 0.0769. The van der Waals surface area contributed by atoms with Gasteiger partial charge in [0.1, 0.15) is 0 Å². The van der Waals surface area contributed by atoms with Crippen molar-refractivity contribution in [1.82, 2.24) is 13.9 Å². The van der Waals surface area contributed by atoms with Gasteiger partial charge in [-0.3, -0.25) is 3.97 Å². The molecule has 182 valence electrons. The summed E-state index contributed by atoms with van der Waals surface area (Å²) in [6.45, 7) is 0. The van der Waals surface area contributed by atoms with E-state index in [2.05, 4.69) is 9.97 Å². The normalized spacial score (nSPS) is 11.7. The maximum atomic E-state index is 13.1. The molecule has 0 saturated heterocycles. The van der Waals surface area contributed by atoms with Gasteiger partial charge >= 0.3 is 12.1 Å². The molecule has 3 heterocycles. The highest BCUT2D eigenvalue weighted by Gasteiger charge is 2.31. The highest BCUT2D eigenvalue weighted by Crippen LogP contribution is 2.39. The minimum atomic E-state index is -4.54. The Kier molecular flexibility index (Phi) is 6.27. The number of aromatic nitrogens is 3. The number of H-pyrrole nitrogens is 1. The molecule has 5 rings (SSSR count). The molecule has 0 unspecified atom stereocenters. The number of fused-ring (bicyclic) bond motifs is 1. The van der Waals surface area contributed by atoms with Gasteiger partial charge in [0.15, 0.2) is 5.65 Å². The van der Waals surface area contributed by atoms with Crippen molar-refractivity contribution < 1.29 is 22.7 Å². The van der Waals surface area contributed by atoms with Gasteiger partial charge in [-0.05, 0) is 54.4 Å². The summed E-state index contributed by atoms with van der Waals surface area (Å²) in [6.07, 6.45) is -0.985. The second kappa shape index (κ2) is 9.40. The molecule has 0 amide bonds.